The molecule has 0 amide bonds. The molecule has 1 aliphatic heterocycles. The van der Waals surface area contributed by atoms with E-state index >= 15 is 0 Å². The van der Waals surface area contributed by atoms with Gasteiger partial charge in [0.15, 0.2) is 6.57 Å². The maximum Gasteiger partial charge on any atom is 0.333 e. The zero-order valence-electron chi connectivity index (χ0n) is 12.8. The molecule has 116 valence electrons. The van der Waals surface area contributed by atoms with E-state index in [1.54, 1.807) is 0 Å². The van der Waals surface area contributed by atoms with Crippen molar-refractivity contribution in [3.05, 3.63) is 0 Å². The second-order valence-electron chi connectivity index (χ2n) is 4.76. The van der Waals surface area contributed by atoms with Crippen LogP contribution in [0.4, 0.5) is 11.9 Å². The number of carbonyl (C=O) groups is 1. The van der Waals surface area contributed by atoms with Crippen LogP contribution >= 0.6 is 11.8 Å². The van der Waals surface area contributed by atoms with Crippen LogP contribution < -0.4 is 10.6 Å². The van der Waals surface area contributed by atoms with Gasteiger partial charge in [0.25, 0.3) is 0 Å². The molecule has 9 heteroatoms. The third kappa shape index (κ3) is 4.26. The van der Waals surface area contributed by atoms with Gasteiger partial charge >= 0.3 is 11.9 Å². The highest BCUT2D eigenvalue weighted by Crippen LogP contribution is 2.15. The van der Waals surface area contributed by atoms with Crippen molar-refractivity contribution in [2.75, 3.05) is 38.3 Å². The monoisotopic (exact) mass is 315 g/mol. The molecule has 2 atom stereocenters. The first kappa shape index (κ1) is 14.5. The average molecular weight is 315 g/mol. The van der Waals surface area contributed by atoms with Gasteiger partial charge in [-0.05, 0) is 12.8 Å². The summed E-state index contributed by atoms with van der Waals surface area (Å²) < 4.78 is 12.0. The number of nitrogens with two attached hydrogens (primary N) is 1. The Morgan fingerprint density at radius 1 is 1.62 bits per heavy atom. The molecule has 0 saturated carbocycles. The Kier molecular flexibility index (Phi) is 5.19. The normalized spacial score (nSPS) is 22.5. The number of thioether (sulfide) groups is 1. The molecule has 0 radical (unpaired) electrons. The number of anilines is 1. The molecule has 1 aromatic heterocycles. The van der Waals surface area contributed by atoms with Crippen molar-refractivity contribution in [3.63, 3.8) is 0 Å². The van der Waals surface area contributed by atoms with Gasteiger partial charge in [-0.15, -0.1) is 4.98 Å². The number of nitrogens with one attached hydrogen (secondary N) is 1. The van der Waals surface area contributed by atoms with Gasteiger partial charge in [-0.3, -0.25) is 9.69 Å². The third-order valence-corrected chi connectivity index (χ3v) is 4.14. The van der Waals surface area contributed by atoms with Crippen molar-refractivity contribution < 1.29 is 20.9 Å². The smallest absolute Gasteiger partial charge is 0.333 e. The lowest BCUT2D eigenvalue weighted by Gasteiger charge is -2.26. The number of aliphatic hydroxyl groups is 1. The van der Waals surface area contributed by atoms with Gasteiger partial charge in [0.2, 0.25) is 5.95 Å². The zero-order chi connectivity index (χ0) is 15.9. The molecular formula is C12H20N5O3S+. The lowest BCUT2D eigenvalue weighted by atomic mass is 9.98. The highest BCUT2D eigenvalue weighted by molar-refractivity contribution is 7.99. The SMILES string of the molecule is [2H]Nc1nc(SCCO)nc([NH+]2CCCC(C(=O)OC)C2)n1. The number of carbonyl (C=O) groups excluding carboxylic acids is 1. The van der Waals surface area contributed by atoms with Crippen LogP contribution in [-0.4, -0.2) is 58.6 Å². The van der Waals surface area contributed by atoms with Gasteiger partial charge in [-0.1, -0.05) is 11.8 Å². The van der Waals surface area contributed by atoms with Crippen molar-refractivity contribution in [1.29, 1.82) is 0 Å². The lowest BCUT2D eigenvalue weighted by Crippen LogP contribution is -3.09. The fraction of sp³-hybridized carbons (Fsp3) is 0.667. The Bertz CT molecular complexity index is 522. The minimum absolute atomic E-state index is 0.0241. The molecule has 2 unspecified atom stereocenters. The molecule has 0 aliphatic carbocycles. The highest BCUT2D eigenvalue weighted by atomic mass is 32.2. The Balaban J connectivity index is 2.17. The van der Waals surface area contributed by atoms with Crippen LogP contribution in [0.1, 0.15) is 12.8 Å². The molecule has 1 aromatic rings. The standard InChI is InChI=1S/C12H19N5O3S/c1-20-9(19)8-3-2-4-17(7-8)11-14-10(13)15-12(16-11)21-6-5-18/h8,18H,2-7H2,1H3,(H2,13,14,15,16)/p+1/i/hD. The molecule has 1 fully saturated rings. The number of esters is 1. The van der Waals surface area contributed by atoms with E-state index in [9.17, 15) is 4.79 Å². The number of nitrogens with zero attached hydrogens (tertiary/aromatic N) is 3. The number of quaternary nitrogens is 1. The second kappa shape index (κ2) is 7.53. The van der Waals surface area contributed by atoms with Gasteiger partial charge in [0.05, 0.1) is 26.8 Å². The van der Waals surface area contributed by atoms with E-state index in [1.807, 2.05) is 0 Å². The summed E-state index contributed by atoms with van der Waals surface area (Å²) in [4.78, 5) is 25.4. The van der Waals surface area contributed by atoms with Crippen molar-refractivity contribution in [2.45, 2.75) is 18.0 Å². The molecule has 21 heavy (non-hydrogen) atoms. The van der Waals surface area contributed by atoms with Crippen molar-refractivity contribution >= 4 is 29.6 Å². The van der Waals surface area contributed by atoms with E-state index < -0.39 is 0 Å². The first-order chi connectivity index (χ1) is 10.7. The highest BCUT2D eigenvalue weighted by Gasteiger charge is 2.32. The maximum absolute atomic E-state index is 11.7. The summed E-state index contributed by atoms with van der Waals surface area (Å²) in [5, 5.41) is 9.35. The Labute approximate surface area is 128 Å². The fourth-order valence-corrected chi connectivity index (χ4v) is 2.93. The number of hydrogen-bond acceptors (Lipinski definition) is 8. The van der Waals surface area contributed by atoms with Crippen LogP contribution in [0.25, 0.3) is 0 Å². The Morgan fingerprint density at radius 3 is 3.19 bits per heavy atom. The number of hydrogen-bond donors (Lipinski definition) is 3. The first-order valence-electron chi connectivity index (χ1n) is 7.28. The summed E-state index contributed by atoms with van der Waals surface area (Å²) in [5.41, 5.74) is 2.18. The molecule has 1 saturated heterocycles. The number of ether oxygens (including phenoxy) is 1. The summed E-state index contributed by atoms with van der Waals surface area (Å²) in [7, 11) is 1.39. The molecule has 0 bridgehead atoms. The molecule has 1 aliphatic rings. The van der Waals surface area contributed by atoms with Crippen LogP contribution in [0.3, 0.4) is 0 Å². The number of nitrogen functional groups attached to an aromatic ring is 1. The van der Waals surface area contributed by atoms with Crippen LogP contribution in [0.15, 0.2) is 5.16 Å². The zero-order valence-corrected chi connectivity index (χ0v) is 12.7. The Hall–Kier alpha value is -1.45. The van der Waals surface area contributed by atoms with E-state index in [0.717, 1.165) is 24.3 Å². The van der Waals surface area contributed by atoms with E-state index in [-0.39, 0.29) is 24.4 Å². The summed E-state index contributed by atoms with van der Waals surface area (Å²) in [6, 6.07) is 0. The van der Waals surface area contributed by atoms with Crippen molar-refractivity contribution in [2.24, 2.45) is 5.92 Å². The van der Waals surface area contributed by atoms with Crippen LogP contribution in [-0.2, 0) is 9.53 Å². The van der Waals surface area contributed by atoms with Crippen LogP contribution in [0.2, 0.25) is 1.41 Å². The molecule has 2 rings (SSSR count). The summed E-state index contributed by atoms with van der Waals surface area (Å²) >= 11 is 1.30. The van der Waals surface area contributed by atoms with Crippen LogP contribution in [0, 0.1) is 5.92 Å². The molecular weight excluding hydrogens is 294 g/mol. The van der Waals surface area contributed by atoms with Crippen molar-refractivity contribution in [1.82, 2.24) is 15.0 Å². The first-order valence-corrected chi connectivity index (χ1v) is 7.77. The maximum atomic E-state index is 11.7. The van der Waals surface area contributed by atoms with E-state index in [1.165, 1.54) is 18.9 Å². The molecule has 0 aromatic carbocycles. The fourth-order valence-electron chi connectivity index (χ4n) is 2.35. The third-order valence-electron chi connectivity index (χ3n) is 3.31. The predicted molar refractivity (Wildman–Crippen MR) is 77.1 cm³/mol. The van der Waals surface area contributed by atoms with Crippen molar-refractivity contribution in [3.8, 4) is 0 Å². The van der Waals surface area contributed by atoms with Gasteiger partial charge in [0.1, 0.15) is 5.92 Å². The average Bonchev–Trinajstić information content (AvgIpc) is 2.59. The summed E-state index contributed by atoms with van der Waals surface area (Å²) in [6.07, 6.45) is 1.68. The predicted octanol–water partition coefficient (Wildman–Crippen LogP) is -1.36. The number of piperidine rings is 1. The number of rotatable bonds is 6. The lowest BCUT2D eigenvalue weighted by molar-refractivity contribution is -0.846. The number of aromatic nitrogens is 3. The summed E-state index contributed by atoms with van der Waals surface area (Å²) in [6.45, 7) is 1.41. The van der Waals surface area contributed by atoms with E-state index in [0.29, 0.717) is 23.4 Å². The molecule has 0 spiro atoms. The molecule has 8 nitrogen and oxygen atoms in total. The minimum Gasteiger partial charge on any atom is -0.469 e. The molecule has 2 heterocycles. The largest absolute Gasteiger partial charge is 0.469 e. The molecule has 4 N–H and O–H groups in total. The number of methoxy groups -OCH3 is 1. The van der Waals surface area contributed by atoms with Gasteiger partial charge in [-0.25, -0.2) is 0 Å². The van der Waals surface area contributed by atoms with Gasteiger partial charge in [0, 0.05) is 5.75 Å². The second-order valence-corrected chi connectivity index (χ2v) is 5.82. The topological polar surface area (TPSA) is 116 Å². The summed E-state index contributed by atoms with van der Waals surface area (Å²) in [5.74, 6) is 0.782. The number of aliphatic hydroxyl groups excluding tert-OH is 1. The quantitative estimate of drug-likeness (QED) is 0.435. The Morgan fingerprint density at radius 2 is 2.48 bits per heavy atom. The van der Waals surface area contributed by atoms with E-state index in [4.69, 9.17) is 11.3 Å². The van der Waals surface area contributed by atoms with Gasteiger partial charge < -0.3 is 15.6 Å². The van der Waals surface area contributed by atoms with E-state index in [2.05, 4.69) is 20.7 Å². The minimum atomic E-state index is -0.208. The van der Waals surface area contributed by atoms with Crippen LogP contribution in [0.5, 0.6) is 0 Å². The van der Waals surface area contributed by atoms with Gasteiger partial charge in [-0.2, -0.15) is 9.97 Å².